The van der Waals surface area contributed by atoms with Crippen LogP contribution in [0.15, 0.2) is 35.7 Å². The van der Waals surface area contributed by atoms with Crippen LogP contribution in [0.5, 0.6) is 0 Å². The molecule has 0 aliphatic heterocycles. The fourth-order valence-electron chi connectivity index (χ4n) is 1.73. The second-order valence-electron chi connectivity index (χ2n) is 4.81. The zero-order valence-electron chi connectivity index (χ0n) is 10.9. The highest BCUT2D eigenvalue weighted by Crippen LogP contribution is 2.27. The van der Waals surface area contributed by atoms with E-state index in [1.807, 2.05) is 30.3 Å². The van der Waals surface area contributed by atoms with Crippen LogP contribution >= 0.6 is 11.3 Å². The molecule has 1 amide bonds. The van der Waals surface area contributed by atoms with Crippen LogP contribution in [0.1, 0.15) is 33.9 Å². The van der Waals surface area contributed by atoms with Gasteiger partial charge in [-0.25, -0.2) is 4.98 Å². The van der Waals surface area contributed by atoms with Crippen molar-refractivity contribution in [2.24, 2.45) is 5.92 Å². The fraction of sp³-hybridized carbons (Fsp3) is 0.250. The van der Waals surface area contributed by atoms with E-state index in [1.165, 1.54) is 24.2 Å². The minimum absolute atomic E-state index is 0.0964. The summed E-state index contributed by atoms with van der Waals surface area (Å²) in [5.41, 5.74) is 1.41. The van der Waals surface area contributed by atoms with Crippen LogP contribution in [-0.2, 0) is 0 Å². The number of rotatable bonds is 3. The van der Waals surface area contributed by atoms with Gasteiger partial charge in [0.2, 0.25) is 0 Å². The normalized spacial score (nSPS) is 13.4. The molecule has 3 rings (SSSR count). The van der Waals surface area contributed by atoms with Gasteiger partial charge in [-0.05, 0) is 36.8 Å². The van der Waals surface area contributed by atoms with Crippen LogP contribution < -0.4 is 5.32 Å². The second-order valence-corrected chi connectivity index (χ2v) is 5.67. The molecule has 2 aromatic rings. The molecule has 0 spiro atoms. The topological polar surface area (TPSA) is 42.0 Å². The standard InChI is InChI=1S/C16H14N2OS/c19-16(17-10-13-6-7-13)14-11-20-15(18-14)9-8-12-4-2-1-3-5-12/h1-5,11,13H,6-7,10H2,(H,17,19). The Balaban J connectivity index is 1.64. The number of thiazole rings is 1. The molecule has 4 heteroatoms. The molecule has 1 aromatic heterocycles. The van der Waals surface area contributed by atoms with E-state index in [2.05, 4.69) is 22.1 Å². The first-order chi connectivity index (χ1) is 9.81. The van der Waals surface area contributed by atoms with E-state index in [1.54, 1.807) is 5.38 Å². The van der Waals surface area contributed by atoms with Crippen molar-refractivity contribution in [3.63, 3.8) is 0 Å². The zero-order chi connectivity index (χ0) is 13.8. The molecule has 20 heavy (non-hydrogen) atoms. The highest BCUT2D eigenvalue weighted by molar-refractivity contribution is 7.10. The number of benzene rings is 1. The average Bonchev–Trinajstić information content (AvgIpc) is 3.20. The molecule has 1 fully saturated rings. The second kappa shape index (κ2) is 5.89. The summed E-state index contributed by atoms with van der Waals surface area (Å²) < 4.78 is 0. The molecule has 0 unspecified atom stereocenters. The van der Waals surface area contributed by atoms with Crippen molar-refractivity contribution < 1.29 is 4.79 Å². The van der Waals surface area contributed by atoms with Gasteiger partial charge in [-0.3, -0.25) is 4.79 Å². The van der Waals surface area contributed by atoms with E-state index in [4.69, 9.17) is 0 Å². The molecular weight excluding hydrogens is 268 g/mol. The number of amides is 1. The summed E-state index contributed by atoms with van der Waals surface area (Å²) in [5, 5.41) is 5.34. The number of nitrogens with one attached hydrogen (secondary N) is 1. The summed E-state index contributed by atoms with van der Waals surface area (Å²) in [6.45, 7) is 0.765. The summed E-state index contributed by atoms with van der Waals surface area (Å²) in [6.07, 6.45) is 2.45. The maximum Gasteiger partial charge on any atom is 0.270 e. The van der Waals surface area contributed by atoms with E-state index in [9.17, 15) is 4.79 Å². The Hall–Kier alpha value is -2.12. The van der Waals surface area contributed by atoms with Gasteiger partial charge in [0, 0.05) is 17.5 Å². The molecular formula is C16H14N2OS. The minimum Gasteiger partial charge on any atom is -0.350 e. The van der Waals surface area contributed by atoms with E-state index in [0.29, 0.717) is 16.6 Å². The zero-order valence-corrected chi connectivity index (χ0v) is 11.7. The van der Waals surface area contributed by atoms with E-state index in [-0.39, 0.29) is 5.91 Å². The van der Waals surface area contributed by atoms with Gasteiger partial charge in [0.25, 0.3) is 5.91 Å². The van der Waals surface area contributed by atoms with Crippen LogP contribution in [0.25, 0.3) is 0 Å². The van der Waals surface area contributed by atoms with E-state index < -0.39 is 0 Å². The first-order valence-electron chi connectivity index (χ1n) is 6.62. The Morgan fingerprint density at radius 3 is 2.85 bits per heavy atom. The van der Waals surface area contributed by atoms with E-state index >= 15 is 0 Å². The van der Waals surface area contributed by atoms with Crippen molar-refractivity contribution in [2.45, 2.75) is 12.8 Å². The van der Waals surface area contributed by atoms with Gasteiger partial charge in [-0.15, -0.1) is 11.3 Å². The quantitative estimate of drug-likeness (QED) is 0.879. The van der Waals surface area contributed by atoms with Gasteiger partial charge in [0.05, 0.1) is 0 Å². The Labute approximate surface area is 122 Å². The number of hydrogen-bond donors (Lipinski definition) is 1. The molecule has 3 nitrogen and oxygen atoms in total. The van der Waals surface area contributed by atoms with Crippen molar-refractivity contribution in [2.75, 3.05) is 6.54 Å². The Morgan fingerprint density at radius 1 is 1.30 bits per heavy atom. The molecule has 0 atom stereocenters. The van der Waals surface area contributed by atoms with Gasteiger partial charge in [0.1, 0.15) is 5.69 Å². The molecule has 1 saturated carbocycles. The smallest absolute Gasteiger partial charge is 0.270 e. The molecule has 1 aliphatic rings. The van der Waals surface area contributed by atoms with Crippen molar-refractivity contribution >= 4 is 17.2 Å². The molecule has 1 N–H and O–H groups in total. The predicted molar refractivity (Wildman–Crippen MR) is 79.6 cm³/mol. The summed E-state index contributed by atoms with van der Waals surface area (Å²) in [7, 11) is 0. The molecule has 0 radical (unpaired) electrons. The van der Waals surface area contributed by atoms with Crippen molar-refractivity contribution in [3.8, 4) is 11.8 Å². The lowest BCUT2D eigenvalue weighted by Crippen LogP contribution is -2.25. The lowest BCUT2D eigenvalue weighted by Gasteiger charge is -1.99. The largest absolute Gasteiger partial charge is 0.350 e. The van der Waals surface area contributed by atoms with Crippen molar-refractivity contribution in [1.82, 2.24) is 10.3 Å². The maximum absolute atomic E-state index is 11.8. The number of hydrogen-bond acceptors (Lipinski definition) is 3. The lowest BCUT2D eigenvalue weighted by atomic mass is 10.2. The summed E-state index contributed by atoms with van der Waals surface area (Å²) in [4.78, 5) is 16.1. The van der Waals surface area contributed by atoms with Crippen LogP contribution in [0.2, 0.25) is 0 Å². The Morgan fingerprint density at radius 2 is 2.10 bits per heavy atom. The number of carbonyl (C=O) groups is 1. The van der Waals surface area contributed by atoms with Crippen LogP contribution in [0, 0.1) is 17.8 Å². The maximum atomic E-state index is 11.8. The lowest BCUT2D eigenvalue weighted by molar-refractivity contribution is 0.0947. The number of nitrogens with zero attached hydrogens (tertiary/aromatic N) is 1. The molecule has 1 heterocycles. The highest BCUT2D eigenvalue weighted by atomic mass is 32.1. The number of aromatic nitrogens is 1. The SMILES string of the molecule is O=C(NCC1CC1)c1csc(C#Cc2ccccc2)n1. The van der Waals surface area contributed by atoms with Gasteiger partial charge in [0.15, 0.2) is 5.01 Å². The van der Waals surface area contributed by atoms with Crippen LogP contribution in [-0.4, -0.2) is 17.4 Å². The fourth-order valence-corrected chi connectivity index (χ4v) is 2.38. The van der Waals surface area contributed by atoms with Gasteiger partial charge < -0.3 is 5.32 Å². The van der Waals surface area contributed by atoms with Crippen LogP contribution in [0.3, 0.4) is 0 Å². The van der Waals surface area contributed by atoms with E-state index in [0.717, 1.165) is 12.1 Å². The monoisotopic (exact) mass is 282 g/mol. The summed E-state index contributed by atoms with van der Waals surface area (Å²) in [6, 6.07) is 9.75. The molecule has 100 valence electrons. The third-order valence-corrected chi connectivity index (χ3v) is 3.83. The summed E-state index contributed by atoms with van der Waals surface area (Å²) in [5.74, 6) is 6.61. The minimum atomic E-state index is -0.0964. The third-order valence-electron chi connectivity index (χ3n) is 3.07. The number of carbonyl (C=O) groups excluding carboxylic acids is 1. The van der Waals surface area contributed by atoms with Gasteiger partial charge in [-0.1, -0.05) is 24.1 Å². The predicted octanol–water partition coefficient (Wildman–Crippen LogP) is 2.68. The average molecular weight is 282 g/mol. The molecule has 0 saturated heterocycles. The molecule has 0 bridgehead atoms. The Kier molecular flexibility index (Phi) is 3.80. The first kappa shape index (κ1) is 12.9. The summed E-state index contributed by atoms with van der Waals surface area (Å²) >= 11 is 1.40. The Bertz CT molecular complexity index is 663. The van der Waals surface area contributed by atoms with Crippen LogP contribution in [0.4, 0.5) is 0 Å². The van der Waals surface area contributed by atoms with Crippen molar-refractivity contribution in [3.05, 3.63) is 52.0 Å². The first-order valence-corrected chi connectivity index (χ1v) is 7.50. The molecule has 1 aliphatic carbocycles. The van der Waals surface area contributed by atoms with Gasteiger partial charge >= 0.3 is 0 Å². The van der Waals surface area contributed by atoms with Gasteiger partial charge in [-0.2, -0.15) is 0 Å². The third kappa shape index (κ3) is 3.46. The van der Waals surface area contributed by atoms with Crippen molar-refractivity contribution in [1.29, 1.82) is 0 Å². The molecule has 1 aromatic carbocycles. The highest BCUT2D eigenvalue weighted by Gasteiger charge is 2.22.